The molecule has 2 aromatic rings. The van der Waals surface area contributed by atoms with Crippen molar-refractivity contribution in [3.63, 3.8) is 0 Å². The minimum absolute atomic E-state index is 0.130. The number of fused-ring (bicyclic) bond motifs is 1. The molecular formula is C23H26N2O5. The van der Waals surface area contributed by atoms with Crippen LogP contribution < -0.4 is 5.63 Å². The van der Waals surface area contributed by atoms with Gasteiger partial charge >= 0.3 is 23.5 Å². The van der Waals surface area contributed by atoms with Crippen molar-refractivity contribution < 1.29 is 18.8 Å². The number of urea groups is 1. The first kappa shape index (κ1) is 20.3. The van der Waals surface area contributed by atoms with E-state index in [9.17, 15) is 19.2 Å². The first-order chi connectivity index (χ1) is 14.3. The highest BCUT2D eigenvalue weighted by atomic mass is 16.4. The number of nitrogens with zero attached hydrogens (tertiary/aromatic N) is 2. The second kappa shape index (κ2) is 7.70. The van der Waals surface area contributed by atoms with E-state index in [1.165, 1.54) is 6.07 Å². The summed E-state index contributed by atoms with van der Waals surface area (Å²) in [6.07, 6.45) is 4.42. The number of imide groups is 2. The van der Waals surface area contributed by atoms with Crippen molar-refractivity contribution in [2.75, 3.05) is 0 Å². The fourth-order valence-corrected chi connectivity index (χ4v) is 4.64. The third kappa shape index (κ3) is 3.42. The normalized spacial score (nSPS) is 18.3. The summed E-state index contributed by atoms with van der Waals surface area (Å²) in [6.45, 7) is 5.97. The molecule has 7 nitrogen and oxygen atoms in total. The van der Waals surface area contributed by atoms with Gasteiger partial charge in [-0.1, -0.05) is 33.1 Å². The standard InChI is InChI=1S/C23H26N2O5/c1-13(2)17-11-18-15(10-20(26)30-19(18)9-14(17)3)12-24-21(27)22(28)25(23(24)29)16-7-5-4-6-8-16/h9-11,13,16H,4-8,12H2,1-3H3. The Morgan fingerprint density at radius 3 is 2.37 bits per heavy atom. The summed E-state index contributed by atoms with van der Waals surface area (Å²) in [5, 5.41) is 0.674. The predicted molar refractivity (Wildman–Crippen MR) is 111 cm³/mol. The minimum Gasteiger partial charge on any atom is -0.423 e. The number of carbonyl (C=O) groups is 3. The highest BCUT2D eigenvalue weighted by molar-refractivity contribution is 6.44. The van der Waals surface area contributed by atoms with Gasteiger partial charge in [0.2, 0.25) is 0 Å². The second-order valence-electron chi connectivity index (χ2n) is 8.59. The van der Waals surface area contributed by atoms with Crippen LogP contribution in [-0.4, -0.2) is 33.7 Å². The summed E-state index contributed by atoms with van der Waals surface area (Å²) in [6, 6.07) is 4.24. The maximum atomic E-state index is 13.0. The molecule has 0 spiro atoms. The first-order valence-corrected chi connectivity index (χ1v) is 10.5. The zero-order chi connectivity index (χ0) is 21.6. The Balaban J connectivity index is 1.72. The van der Waals surface area contributed by atoms with E-state index in [0.29, 0.717) is 16.5 Å². The fraction of sp³-hybridized carbons (Fsp3) is 0.478. The van der Waals surface area contributed by atoms with Crippen LogP contribution in [0.5, 0.6) is 0 Å². The monoisotopic (exact) mass is 410 g/mol. The number of amides is 4. The lowest BCUT2D eigenvalue weighted by Gasteiger charge is -2.28. The Labute approximate surface area is 174 Å². The molecule has 1 saturated heterocycles. The molecule has 0 unspecified atom stereocenters. The SMILES string of the molecule is Cc1cc2oc(=O)cc(CN3C(=O)C(=O)N(C4CCCCC4)C3=O)c2cc1C(C)C. The molecule has 1 saturated carbocycles. The van der Waals surface area contributed by atoms with E-state index < -0.39 is 23.5 Å². The highest BCUT2D eigenvalue weighted by Crippen LogP contribution is 2.30. The average molecular weight is 410 g/mol. The van der Waals surface area contributed by atoms with Crippen molar-refractivity contribution in [3.05, 3.63) is 45.3 Å². The molecule has 2 fully saturated rings. The van der Waals surface area contributed by atoms with Crippen molar-refractivity contribution in [2.24, 2.45) is 0 Å². The Morgan fingerprint density at radius 2 is 1.70 bits per heavy atom. The molecule has 1 aromatic carbocycles. The Kier molecular flexibility index (Phi) is 5.22. The van der Waals surface area contributed by atoms with Gasteiger partial charge in [-0.3, -0.25) is 19.4 Å². The lowest BCUT2D eigenvalue weighted by Crippen LogP contribution is -2.42. The van der Waals surface area contributed by atoms with Crippen LogP contribution in [0.1, 0.15) is 68.6 Å². The number of rotatable bonds is 4. The molecule has 1 aliphatic heterocycles. The Hall–Kier alpha value is -2.96. The molecule has 1 aliphatic carbocycles. The van der Waals surface area contributed by atoms with Gasteiger partial charge in [-0.15, -0.1) is 0 Å². The largest absolute Gasteiger partial charge is 0.423 e. The van der Waals surface area contributed by atoms with Crippen LogP contribution in [0.2, 0.25) is 0 Å². The summed E-state index contributed by atoms with van der Waals surface area (Å²) >= 11 is 0. The molecule has 2 heterocycles. The molecular weight excluding hydrogens is 384 g/mol. The topological polar surface area (TPSA) is 87.9 Å². The zero-order valence-corrected chi connectivity index (χ0v) is 17.6. The van der Waals surface area contributed by atoms with E-state index in [1.54, 1.807) is 0 Å². The molecule has 158 valence electrons. The maximum Gasteiger partial charge on any atom is 0.336 e. The lowest BCUT2D eigenvalue weighted by atomic mass is 9.94. The summed E-state index contributed by atoms with van der Waals surface area (Å²) in [7, 11) is 0. The minimum atomic E-state index is -0.830. The molecule has 0 bridgehead atoms. The van der Waals surface area contributed by atoms with Gasteiger partial charge in [0.05, 0.1) is 6.54 Å². The average Bonchev–Trinajstić information content (AvgIpc) is 2.91. The molecule has 0 atom stereocenters. The summed E-state index contributed by atoms with van der Waals surface area (Å²) in [5.41, 5.74) is 2.46. The summed E-state index contributed by atoms with van der Waals surface area (Å²) in [4.78, 5) is 52.4. The van der Waals surface area contributed by atoms with Crippen LogP contribution in [0.25, 0.3) is 11.0 Å². The van der Waals surface area contributed by atoms with E-state index in [-0.39, 0.29) is 18.5 Å². The van der Waals surface area contributed by atoms with Gasteiger partial charge in [-0.2, -0.15) is 0 Å². The zero-order valence-electron chi connectivity index (χ0n) is 17.6. The van der Waals surface area contributed by atoms with Gasteiger partial charge in [-0.05, 0) is 54.5 Å². The fourth-order valence-electron chi connectivity index (χ4n) is 4.64. The number of benzene rings is 1. The lowest BCUT2D eigenvalue weighted by molar-refractivity contribution is -0.144. The van der Waals surface area contributed by atoms with Gasteiger partial charge in [-0.25, -0.2) is 9.59 Å². The quantitative estimate of drug-likeness (QED) is 0.434. The predicted octanol–water partition coefficient (Wildman–Crippen LogP) is 3.85. The molecule has 1 aromatic heterocycles. The van der Waals surface area contributed by atoms with E-state index in [4.69, 9.17) is 4.42 Å². The van der Waals surface area contributed by atoms with Gasteiger partial charge in [0.15, 0.2) is 0 Å². The van der Waals surface area contributed by atoms with Crippen LogP contribution in [0.15, 0.2) is 27.4 Å². The molecule has 7 heteroatoms. The number of aryl methyl sites for hydroxylation is 1. The Morgan fingerprint density at radius 1 is 1.00 bits per heavy atom. The number of hydrogen-bond donors (Lipinski definition) is 0. The van der Waals surface area contributed by atoms with Crippen molar-refractivity contribution in [3.8, 4) is 0 Å². The smallest absolute Gasteiger partial charge is 0.336 e. The molecule has 30 heavy (non-hydrogen) atoms. The van der Waals surface area contributed by atoms with Crippen molar-refractivity contribution in [1.29, 1.82) is 0 Å². The van der Waals surface area contributed by atoms with Crippen LogP contribution in [0.3, 0.4) is 0 Å². The van der Waals surface area contributed by atoms with Crippen LogP contribution in [0.4, 0.5) is 4.79 Å². The van der Waals surface area contributed by atoms with E-state index >= 15 is 0 Å². The molecule has 4 rings (SSSR count). The van der Waals surface area contributed by atoms with E-state index in [1.807, 2.05) is 19.1 Å². The molecule has 4 amide bonds. The van der Waals surface area contributed by atoms with Gasteiger partial charge in [0.25, 0.3) is 0 Å². The third-order valence-corrected chi connectivity index (χ3v) is 6.19. The molecule has 0 N–H and O–H groups in total. The number of carbonyl (C=O) groups excluding carboxylic acids is 3. The van der Waals surface area contributed by atoms with Crippen molar-refractivity contribution >= 4 is 28.8 Å². The summed E-state index contributed by atoms with van der Waals surface area (Å²) in [5.74, 6) is -1.34. The second-order valence-corrected chi connectivity index (χ2v) is 8.59. The van der Waals surface area contributed by atoms with Gasteiger partial charge in [0.1, 0.15) is 5.58 Å². The molecule has 2 aliphatic rings. The van der Waals surface area contributed by atoms with E-state index in [2.05, 4.69) is 13.8 Å². The van der Waals surface area contributed by atoms with E-state index in [0.717, 1.165) is 53.0 Å². The molecule has 0 radical (unpaired) electrons. The van der Waals surface area contributed by atoms with Crippen LogP contribution in [-0.2, 0) is 16.1 Å². The van der Waals surface area contributed by atoms with Gasteiger partial charge < -0.3 is 4.42 Å². The Bertz CT molecular complexity index is 1090. The van der Waals surface area contributed by atoms with Gasteiger partial charge in [0, 0.05) is 17.5 Å². The van der Waals surface area contributed by atoms with Crippen molar-refractivity contribution in [1.82, 2.24) is 9.80 Å². The highest BCUT2D eigenvalue weighted by Gasteiger charge is 2.47. The summed E-state index contributed by atoms with van der Waals surface area (Å²) < 4.78 is 5.35. The third-order valence-electron chi connectivity index (χ3n) is 6.19. The number of hydrogen-bond acceptors (Lipinski definition) is 5. The first-order valence-electron chi connectivity index (χ1n) is 10.5. The van der Waals surface area contributed by atoms with Crippen LogP contribution >= 0.6 is 0 Å². The van der Waals surface area contributed by atoms with Crippen molar-refractivity contribution in [2.45, 2.75) is 71.4 Å². The maximum absolute atomic E-state index is 13.0. The van der Waals surface area contributed by atoms with Crippen LogP contribution in [0, 0.1) is 6.92 Å².